The van der Waals surface area contributed by atoms with Gasteiger partial charge in [-0.2, -0.15) is 13.2 Å². The fourth-order valence-electron chi connectivity index (χ4n) is 1.63. The first kappa shape index (κ1) is 13.1. The van der Waals surface area contributed by atoms with Crippen LogP contribution in [0.5, 0.6) is 0 Å². The quantitative estimate of drug-likeness (QED) is 0.906. The topological polar surface area (TPSA) is 50.2 Å². The van der Waals surface area contributed by atoms with Crippen LogP contribution in [0.2, 0.25) is 0 Å². The van der Waals surface area contributed by atoms with Crippen LogP contribution in [0.15, 0.2) is 42.5 Å². The molecule has 1 heterocycles. The zero-order chi connectivity index (χ0) is 14.0. The van der Waals surface area contributed by atoms with Crippen molar-refractivity contribution in [2.75, 3.05) is 0 Å². The second kappa shape index (κ2) is 4.72. The van der Waals surface area contributed by atoms with Crippen molar-refractivity contribution in [1.29, 1.82) is 0 Å². The highest BCUT2D eigenvalue weighted by Crippen LogP contribution is 2.30. The van der Waals surface area contributed by atoms with Crippen LogP contribution in [-0.2, 0) is 6.18 Å². The van der Waals surface area contributed by atoms with Gasteiger partial charge in [0, 0.05) is 5.56 Å². The molecule has 0 spiro atoms. The Morgan fingerprint density at radius 1 is 1.05 bits per heavy atom. The molecule has 1 aromatic heterocycles. The van der Waals surface area contributed by atoms with Gasteiger partial charge in [-0.05, 0) is 17.7 Å². The van der Waals surface area contributed by atoms with Gasteiger partial charge in [-0.1, -0.05) is 30.3 Å². The first-order chi connectivity index (χ1) is 8.89. The number of benzene rings is 1. The number of rotatable bonds is 2. The normalized spacial score (nSPS) is 11.3. The van der Waals surface area contributed by atoms with E-state index in [1.807, 2.05) is 0 Å². The summed E-state index contributed by atoms with van der Waals surface area (Å²) in [7, 11) is 0. The van der Waals surface area contributed by atoms with E-state index in [9.17, 15) is 18.0 Å². The Kier molecular flexibility index (Phi) is 3.25. The third-order valence-corrected chi connectivity index (χ3v) is 2.47. The van der Waals surface area contributed by atoms with E-state index in [0.717, 1.165) is 12.1 Å². The number of hydrogen-bond acceptors (Lipinski definition) is 2. The number of carboxylic acid groups (broad SMARTS) is 1. The van der Waals surface area contributed by atoms with Gasteiger partial charge in [0.2, 0.25) is 0 Å². The molecule has 0 saturated heterocycles. The molecule has 19 heavy (non-hydrogen) atoms. The van der Waals surface area contributed by atoms with Gasteiger partial charge < -0.3 is 5.11 Å². The Labute approximate surface area is 106 Å². The van der Waals surface area contributed by atoms with E-state index in [2.05, 4.69) is 4.98 Å². The zero-order valence-electron chi connectivity index (χ0n) is 9.48. The van der Waals surface area contributed by atoms with Crippen LogP contribution in [0.25, 0.3) is 11.1 Å². The van der Waals surface area contributed by atoms with Gasteiger partial charge >= 0.3 is 12.1 Å². The number of halogens is 3. The fourth-order valence-corrected chi connectivity index (χ4v) is 1.63. The zero-order valence-corrected chi connectivity index (χ0v) is 9.48. The van der Waals surface area contributed by atoms with Crippen LogP contribution in [0.3, 0.4) is 0 Å². The summed E-state index contributed by atoms with van der Waals surface area (Å²) in [5.74, 6) is -1.50. The van der Waals surface area contributed by atoms with Gasteiger partial charge in [0.1, 0.15) is 5.69 Å². The van der Waals surface area contributed by atoms with E-state index in [1.54, 1.807) is 30.3 Å². The van der Waals surface area contributed by atoms with Crippen molar-refractivity contribution >= 4 is 5.97 Å². The molecule has 0 unspecified atom stereocenters. The summed E-state index contributed by atoms with van der Waals surface area (Å²) in [6, 6.07) is 10.2. The summed E-state index contributed by atoms with van der Waals surface area (Å²) in [6.45, 7) is 0. The van der Waals surface area contributed by atoms with E-state index >= 15 is 0 Å². The van der Waals surface area contributed by atoms with Crippen LogP contribution >= 0.6 is 0 Å². The molecule has 0 bridgehead atoms. The molecule has 1 aromatic carbocycles. The van der Waals surface area contributed by atoms with Crippen LogP contribution < -0.4 is 0 Å². The molecule has 0 radical (unpaired) electrons. The molecule has 98 valence electrons. The summed E-state index contributed by atoms with van der Waals surface area (Å²) in [6.07, 6.45) is -4.67. The number of alkyl halides is 3. The van der Waals surface area contributed by atoms with Gasteiger partial charge in [-0.3, -0.25) is 0 Å². The molecule has 0 amide bonds. The van der Waals surface area contributed by atoms with Crippen molar-refractivity contribution in [2.45, 2.75) is 6.18 Å². The predicted octanol–water partition coefficient (Wildman–Crippen LogP) is 3.47. The molecular weight excluding hydrogens is 259 g/mol. The Balaban J connectivity index is 2.61. The van der Waals surface area contributed by atoms with E-state index in [4.69, 9.17) is 5.11 Å². The standard InChI is InChI=1S/C13H8F3NO2/c14-13(15,16)10-7-6-9(11(17-10)12(18)19)8-4-2-1-3-5-8/h1-7H,(H,18,19). The lowest BCUT2D eigenvalue weighted by Gasteiger charge is -2.10. The van der Waals surface area contributed by atoms with Gasteiger partial charge in [-0.15, -0.1) is 0 Å². The molecule has 0 aliphatic heterocycles. The molecule has 2 rings (SSSR count). The molecule has 0 aliphatic carbocycles. The summed E-state index contributed by atoms with van der Waals surface area (Å²) in [4.78, 5) is 14.2. The molecule has 0 saturated carbocycles. The Morgan fingerprint density at radius 3 is 2.21 bits per heavy atom. The van der Waals surface area contributed by atoms with Gasteiger partial charge in [-0.25, -0.2) is 9.78 Å². The first-order valence-electron chi connectivity index (χ1n) is 5.26. The van der Waals surface area contributed by atoms with Crippen LogP contribution in [0.1, 0.15) is 16.2 Å². The average Bonchev–Trinajstić information content (AvgIpc) is 2.38. The summed E-state index contributed by atoms with van der Waals surface area (Å²) >= 11 is 0. The minimum Gasteiger partial charge on any atom is -0.476 e. The smallest absolute Gasteiger partial charge is 0.433 e. The predicted molar refractivity (Wildman–Crippen MR) is 61.6 cm³/mol. The van der Waals surface area contributed by atoms with E-state index in [-0.39, 0.29) is 5.56 Å². The molecule has 2 aromatic rings. The summed E-state index contributed by atoms with van der Waals surface area (Å²) in [5, 5.41) is 8.99. The van der Waals surface area contributed by atoms with Gasteiger partial charge in [0.15, 0.2) is 5.69 Å². The lowest BCUT2D eigenvalue weighted by Crippen LogP contribution is -2.12. The van der Waals surface area contributed by atoms with Crippen molar-refractivity contribution in [2.24, 2.45) is 0 Å². The third kappa shape index (κ3) is 2.73. The first-order valence-corrected chi connectivity index (χ1v) is 5.26. The number of hydrogen-bond donors (Lipinski definition) is 1. The largest absolute Gasteiger partial charge is 0.476 e. The average molecular weight is 267 g/mol. The molecule has 3 nitrogen and oxygen atoms in total. The van der Waals surface area contributed by atoms with Crippen LogP contribution in [-0.4, -0.2) is 16.1 Å². The minimum absolute atomic E-state index is 0.154. The SMILES string of the molecule is O=C(O)c1nc(C(F)(F)F)ccc1-c1ccccc1. The maximum atomic E-state index is 12.5. The van der Waals surface area contributed by atoms with Gasteiger partial charge in [0.25, 0.3) is 0 Å². The van der Waals surface area contributed by atoms with Crippen LogP contribution in [0, 0.1) is 0 Å². The number of aromatic carboxylic acids is 1. The summed E-state index contributed by atoms with van der Waals surface area (Å²) < 4.78 is 37.5. The second-order valence-electron chi connectivity index (χ2n) is 3.76. The maximum Gasteiger partial charge on any atom is 0.433 e. The van der Waals surface area contributed by atoms with E-state index in [1.165, 1.54) is 0 Å². The monoisotopic (exact) mass is 267 g/mol. The molecule has 1 N–H and O–H groups in total. The van der Waals surface area contributed by atoms with Crippen molar-refractivity contribution in [1.82, 2.24) is 4.98 Å². The molecule has 0 fully saturated rings. The van der Waals surface area contributed by atoms with Crippen LogP contribution in [0.4, 0.5) is 13.2 Å². The summed E-state index contributed by atoms with van der Waals surface area (Å²) in [5.41, 5.74) is -1.17. The van der Waals surface area contributed by atoms with Crippen molar-refractivity contribution in [3.05, 3.63) is 53.9 Å². The lowest BCUT2D eigenvalue weighted by molar-refractivity contribution is -0.141. The molecular formula is C13H8F3NO2. The Morgan fingerprint density at radius 2 is 1.68 bits per heavy atom. The van der Waals surface area contributed by atoms with Crippen molar-refractivity contribution in [3.8, 4) is 11.1 Å². The number of aromatic nitrogens is 1. The molecule has 6 heteroatoms. The highest BCUT2D eigenvalue weighted by molar-refractivity contribution is 5.93. The Bertz CT molecular complexity index is 609. The van der Waals surface area contributed by atoms with Crippen molar-refractivity contribution < 1.29 is 23.1 Å². The number of pyridine rings is 1. The molecule has 0 aliphatic rings. The highest BCUT2D eigenvalue weighted by Gasteiger charge is 2.33. The number of carboxylic acids is 1. The van der Waals surface area contributed by atoms with Gasteiger partial charge in [0.05, 0.1) is 0 Å². The van der Waals surface area contributed by atoms with E-state index < -0.39 is 23.5 Å². The molecule has 0 atom stereocenters. The number of nitrogens with zero attached hydrogens (tertiary/aromatic N) is 1. The second-order valence-corrected chi connectivity index (χ2v) is 3.76. The van der Waals surface area contributed by atoms with E-state index in [0.29, 0.717) is 5.56 Å². The maximum absolute atomic E-state index is 12.5. The Hall–Kier alpha value is -2.37. The fraction of sp³-hybridized carbons (Fsp3) is 0.0769. The lowest BCUT2D eigenvalue weighted by atomic mass is 10.0. The van der Waals surface area contributed by atoms with Crippen molar-refractivity contribution in [3.63, 3.8) is 0 Å². The number of carbonyl (C=O) groups is 1. The minimum atomic E-state index is -4.67. The third-order valence-electron chi connectivity index (χ3n) is 2.47. The highest BCUT2D eigenvalue weighted by atomic mass is 19.4.